The van der Waals surface area contributed by atoms with Gasteiger partial charge in [-0.15, -0.1) is 0 Å². The van der Waals surface area contributed by atoms with Crippen molar-refractivity contribution in [3.8, 4) is 22.6 Å². The first-order chi connectivity index (χ1) is 13.8. The Morgan fingerprint density at radius 2 is 1.69 bits per heavy atom. The van der Waals surface area contributed by atoms with Crippen LogP contribution in [0.5, 0.6) is 11.5 Å². The summed E-state index contributed by atoms with van der Waals surface area (Å²) in [7, 11) is 3.35. The highest BCUT2D eigenvalue weighted by Crippen LogP contribution is 2.31. The molecule has 1 aliphatic rings. The van der Waals surface area contributed by atoms with Gasteiger partial charge in [0, 0.05) is 13.7 Å². The van der Waals surface area contributed by atoms with Gasteiger partial charge in [-0.1, -0.05) is 31.7 Å². The largest absolute Gasteiger partial charge is 0.497 e. The minimum Gasteiger partial charge on any atom is -0.497 e. The SMILES string of the molecule is C.COCCOc1cc2ccc(-c3ccc(OC)cc3)cc2cc1C1=NCCN1. The van der Waals surface area contributed by atoms with E-state index in [-0.39, 0.29) is 7.43 Å². The molecule has 0 aromatic heterocycles. The molecule has 0 atom stereocenters. The highest BCUT2D eigenvalue weighted by molar-refractivity contribution is 6.06. The van der Waals surface area contributed by atoms with Crippen molar-refractivity contribution in [2.75, 3.05) is 40.5 Å². The van der Waals surface area contributed by atoms with Crippen LogP contribution in [0.2, 0.25) is 0 Å². The maximum Gasteiger partial charge on any atom is 0.132 e. The Morgan fingerprint density at radius 1 is 0.897 bits per heavy atom. The van der Waals surface area contributed by atoms with Gasteiger partial charge in [-0.2, -0.15) is 0 Å². The zero-order chi connectivity index (χ0) is 19.3. The fourth-order valence-electron chi connectivity index (χ4n) is 3.36. The summed E-state index contributed by atoms with van der Waals surface area (Å²) in [6.07, 6.45) is 0. The molecule has 1 aliphatic heterocycles. The summed E-state index contributed by atoms with van der Waals surface area (Å²) < 4.78 is 16.4. The van der Waals surface area contributed by atoms with E-state index in [1.54, 1.807) is 14.2 Å². The molecule has 0 spiro atoms. The number of aliphatic imine (C=N–C) groups is 1. The molecule has 5 heteroatoms. The van der Waals surface area contributed by atoms with E-state index < -0.39 is 0 Å². The number of rotatable bonds is 7. The molecule has 5 nitrogen and oxygen atoms in total. The van der Waals surface area contributed by atoms with E-state index in [0.717, 1.165) is 57.9 Å². The summed E-state index contributed by atoms with van der Waals surface area (Å²) in [6.45, 7) is 2.70. The molecule has 3 aromatic carbocycles. The van der Waals surface area contributed by atoms with E-state index in [4.69, 9.17) is 14.2 Å². The van der Waals surface area contributed by atoms with Crippen molar-refractivity contribution in [3.63, 3.8) is 0 Å². The van der Waals surface area contributed by atoms with Gasteiger partial charge >= 0.3 is 0 Å². The van der Waals surface area contributed by atoms with E-state index in [1.165, 1.54) is 0 Å². The Bertz CT molecular complexity index is 997. The van der Waals surface area contributed by atoms with Crippen LogP contribution in [0.3, 0.4) is 0 Å². The van der Waals surface area contributed by atoms with Gasteiger partial charge in [-0.3, -0.25) is 4.99 Å². The van der Waals surface area contributed by atoms with Crippen LogP contribution in [0.4, 0.5) is 0 Å². The maximum absolute atomic E-state index is 5.98. The molecule has 0 amide bonds. The molecule has 3 aromatic rings. The molecule has 1 heterocycles. The topological polar surface area (TPSA) is 52.1 Å². The Morgan fingerprint density at radius 3 is 2.38 bits per heavy atom. The van der Waals surface area contributed by atoms with Gasteiger partial charge in [-0.25, -0.2) is 0 Å². The van der Waals surface area contributed by atoms with Crippen LogP contribution in [0, 0.1) is 0 Å². The van der Waals surface area contributed by atoms with Gasteiger partial charge in [-0.05, 0) is 52.2 Å². The van der Waals surface area contributed by atoms with Gasteiger partial charge in [0.2, 0.25) is 0 Å². The molecule has 0 saturated heterocycles. The van der Waals surface area contributed by atoms with Gasteiger partial charge in [0.15, 0.2) is 0 Å². The van der Waals surface area contributed by atoms with Crippen LogP contribution in [0.15, 0.2) is 59.6 Å². The molecule has 152 valence electrons. The van der Waals surface area contributed by atoms with Crippen molar-refractivity contribution in [3.05, 3.63) is 60.2 Å². The lowest BCUT2D eigenvalue weighted by molar-refractivity contribution is 0.146. The molecule has 4 rings (SSSR count). The molecular formula is C24H28N2O3. The monoisotopic (exact) mass is 392 g/mol. The Labute approximate surface area is 172 Å². The zero-order valence-electron chi connectivity index (χ0n) is 16.2. The van der Waals surface area contributed by atoms with Gasteiger partial charge in [0.05, 0.1) is 25.8 Å². The van der Waals surface area contributed by atoms with Crippen molar-refractivity contribution in [2.24, 2.45) is 4.99 Å². The number of hydrogen-bond acceptors (Lipinski definition) is 5. The van der Waals surface area contributed by atoms with E-state index in [9.17, 15) is 0 Å². The highest BCUT2D eigenvalue weighted by atomic mass is 16.5. The molecule has 0 radical (unpaired) electrons. The highest BCUT2D eigenvalue weighted by Gasteiger charge is 2.15. The van der Waals surface area contributed by atoms with Crippen LogP contribution in [-0.2, 0) is 4.74 Å². The number of ether oxygens (including phenoxy) is 3. The normalized spacial score (nSPS) is 12.8. The van der Waals surface area contributed by atoms with E-state index >= 15 is 0 Å². The van der Waals surface area contributed by atoms with Crippen LogP contribution < -0.4 is 14.8 Å². The number of benzene rings is 3. The number of fused-ring (bicyclic) bond motifs is 1. The second-order valence-corrected chi connectivity index (χ2v) is 6.64. The summed E-state index contributed by atoms with van der Waals surface area (Å²) in [4.78, 5) is 4.58. The number of amidine groups is 1. The lowest BCUT2D eigenvalue weighted by atomic mass is 9.99. The van der Waals surface area contributed by atoms with Crippen molar-refractivity contribution >= 4 is 16.6 Å². The van der Waals surface area contributed by atoms with E-state index in [2.05, 4.69) is 52.8 Å². The average molecular weight is 392 g/mol. The first-order valence-corrected chi connectivity index (χ1v) is 9.41. The van der Waals surface area contributed by atoms with Gasteiger partial charge in [0.25, 0.3) is 0 Å². The fraction of sp³-hybridized carbons (Fsp3) is 0.292. The minimum absolute atomic E-state index is 0. The van der Waals surface area contributed by atoms with Crippen molar-refractivity contribution in [2.45, 2.75) is 7.43 Å². The molecule has 0 saturated carbocycles. The molecule has 0 unspecified atom stereocenters. The third-order valence-electron chi connectivity index (χ3n) is 4.84. The lowest BCUT2D eigenvalue weighted by Crippen LogP contribution is -2.20. The zero-order valence-corrected chi connectivity index (χ0v) is 16.2. The summed E-state index contributed by atoms with van der Waals surface area (Å²) in [6, 6.07) is 18.8. The van der Waals surface area contributed by atoms with Gasteiger partial charge < -0.3 is 19.5 Å². The van der Waals surface area contributed by atoms with E-state index in [0.29, 0.717) is 13.2 Å². The molecule has 29 heavy (non-hydrogen) atoms. The molecule has 0 bridgehead atoms. The number of hydrogen-bond donors (Lipinski definition) is 1. The third-order valence-corrected chi connectivity index (χ3v) is 4.84. The van der Waals surface area contributed by atoms with Crippen LogP contribution in [0.1, 0.15) is 13.0 Å². The third kappa shape index (κ3) is 4.51. The van der Waals surface area contributed by atoms with Crippen molar-refractivity contribution in [1.29, 1.82) is 0 Å². The summed E-state index contributed by atoms with van der Waals surface area (Å²) in [5.74, 6) is 2.58. The van der Waals surface area contributed by atoms with Crippen LogP contribution in [0.25, 0.3) is 21.9 Å². The molecule has 0 aliphatic carbocycles. The van der Waals surface area contributed by atoms with Crippen molar-refractivity contribution in [1.82, 2.24) is 5.32 Å². The lowest BCUT2D eigenvalue weighted by Gasteiger charge is -2.14. The van der Waals surface area contributed by atoms with E-state index in [1.807, 2.05) is 12.1 Å². The first-order valence-electron chi connectivity index (χ1n) is 9.41. The quantitative estimate of drug-likeness (QED) is 0.601. The predicted octanol–water partition coefficient (Wildman–Crippen LogP) is 4.53. The van der Waals surface area contributed by atoms with Crippen LogP contribution >= 0.6 is 0 Å². The van der Waals surface area contributed by atoms with Crippen LogP contribution in [-0.4, -0.2) is 46.4 Å². The predicted molar refractivity (Wildman–Crippen MR) is 119 cm³/mol. The first kappa shape index (κ1) is 20.7. The Balaban J connectivity index is 0.00000240. The molecule has 1 N–H and O–H groups in total. The fourth-order valence-corrected chi connectivity index (χ4v) is 3.36. The second-order valence-electron chi connectivity index (χ2n) is 6.64. The number of nitrogens with zero attached hydrogens (tertiary/aromatic N) is 1. The Hall–Kier alpha value is -3.05. The summed E-state index contributed by atoms with van der Waals surface area (Å²) in [5, 5.41) is 5.64. The smallest absolute Gasteiger partial charge is 0.132 e. The van der Waals surface area contributed by atoms with Crippen molar-refractivity contribution < 1.29 is 14.2 Å². The van der Waals surface area contributed by atoms with Gasteiger partial charge in [0.1, 0.15) is 23.9 Å². The molecule has 0 fully saturated rings. The maximum atomic E-state index is 5.98. The summed E-state index contributed by atoms with van der Waals surface area (Å²) in [5.41, 5.74) is 3.31. The Kier molecular flexibility index (Phi) is 6.73. The summed E-state index contributed by atoms with van der Waals surface area (Å²) >= 11 is 0. The standard InChI is InChI=1S/C23H24N2O3.CH4/c1-26-11-12-28-22-15-18-4-3-17(16-5-7-20(27-2)8-6-16)13-19(18)14-21(22)23-24-9-10-25-23;/h3-8,13-15H,9-12H2,1-2H3,(H,24,25);1H4. The number of methoxy groups -OCH3 is 2. The minimum atomic E-state index is 0. The number of nitrogens with one attached hydrogen (secondary N) is 1. The molecular weight excluding hydrogens is 364 g/mol. The average Bonchev–Trinajstić information content (AvgIpc) is 3.28. The second kappa shape index (κ2) is 9.43.